The van der Waals surface area contributed by atoms with Crippen LogP contribution >= 0.6 is 0 Å². The SMILES string of the molecule is O=C(O)c1nc(C2CCS(=O)(=O)C2)n2ccccc12. The van der Waals surface area contributed by atoms with Gasteiger partial charge in [-0.2, -0.15) is 0 Å². The lowest BCUT2D eigenvalue weighted by atomic mass is 10.1. The maximum atomic E-state index is 11.5. The van der Waals surface area contributed by atoms with Crippen LogP contribution < -0.4 is 0 Å². The van der Waals surface area contributed by atoms with Crippen LogP contribution in [0, 0.1) is 0 Å². The molecule has 7 heteroatoms. The monoisotopic (exact) mass is 280 g/mol. The molecule has 0 saturated carbocycles. The number of carbonyl (C=O) groups is 1. The van der Waals surface area contributed by atoms with Gasteiger partial charge in [0.25, 0.3) is 0 Å². The Morgan fingerprint density at radius 1 is 1.42 bits per heavy atom. The van der Waals surface area contributed by atoms with E-state index in [2.05, 4.69) is 4.98 Å². The standard InChI is InChI=1S/C12H12N2O4S/c15-12(16)10-9-3-1-2-5-14(9)11(13-10)8-4-6-19(17,18)7-8/h1-3,5,8H,4,6-7H2,(H,15,16). The van der Waals surface area contributed by atoms with E-state index in [1.54, 1.807) is 28.8 Å². The van der Waals surface area contributed by atoms with E-state index in [4.69, 9.17) is 5.11 Å². The van der Waals surface area contributed by atoms with Crippen LogP contribution in [0.4, 0.5) is 0 Å². The molecule has 0 aromatic carbocycles. The van der Waals surface area contributed by atoms with Crippen molar-refractivity contribution in [1.29, 1.82) is 0 Å². The van der Waals surface area contributed by atoms with Gasteiger partial charge in [0.2, 0.25) is 0 Å². The van der Waals surface area contributed by atoms with E-state index < -0.39 is 15.8 Å². The zero-order valence-corrected chi connectivity index (χ0v) is 10.8. The summed E-state index contributed by atoms with van der Waals surface area (Å²) in [4.78, 5) is 15.3. The second kappa shape index (κ2) is 4.06. The Kier molecular flexibility index (Phi) is 2.60. The van der Waals surface area contributed by atoms with Gasteiger partial charge in [0.15, 0.2) is 15.5 Å². The molecular weight excluding hydrogens is 268 g/mol. The van der Waals surface area contributed by atoms with Crippen molar-refractivity contribution < 1.29 is 18.3 Å². The van der Waals surface area contributed by atoms with E-state index in [1.807, 2.05) is 0 Å². The van der Waals surface area contributed by atoms with E-state index in [1.165, 1.54) is 0 Å². The quantitative estimate of drug-likeness (QED) is 0.884. The zero-order chi connectivity index (χ0) is 13.6. The molecule has 1 saturated heterocycles. The summed E-state index contributed by atoms with van der Waals surface area (Å²) in [5.74, 6) is -0.625. The third-order valence-electron chi connectivity index (χ3n) is 3.38. The molecule has 0 radical (unpaired) electrons. The molecule has 2 aromatic rings. The van der Waals surface area contributed by atoms with Crippen LogP contribution in [0.3, 0.4) is 0 Å². The average Bonchev–Trinajstić information content (AvgIpc) is 2.89. The molecule has 1 N–H and O–H groups in total. The lowest BCUT2D eigenvalue weighted by molar-refractivity contribution is 0.0693. The van der Waals surface area contributed by atoms with Gasteiger partial charge in [-0.05, 0) is 18.6 Å². The van der Waals surface area contributed by atoms with E-state index in [-0.39, 0.29) is 23.1 Å². The van der Waals surface area contributed by atoms with Crippen LogP contribution in [0.25, 0.3) is 5.52 Å². The van der Waals surface area contributed by atoms with Crippen LogP contribution in [0.5, 0.6) is 0 Å². The molecule has 3 rings (SSSR count). The minimum Gasteiger partial charge on any atom is -0.476 e. The van der Waals surface area contributed by atoms with Gasteiger partial charge in [-0.25, -0.2) is 18.2 Å². The summed E-state index contributed by atoms with van der Waals surface area (Å²) in [6.07, 6.45) is 2.21. The van der Waals surface area contributed by atoms with Crippen LogP contribution in [0.2, 0.25) is 0 Å². The predicted molar refractivity (Wildman–Crippen MR) is 68.2 cm³/mol. The maximum Gasteiger partial charge on any atom is 0.356 e. The van der Waals surface area contributed by atoms with Gasteiger partial charge in [0.05, 0.1) is 17.0 Å². The number of nitrogens with zero attached hydrogens (tertiary/aromatic N) is 2. The first-order valence-electron chi connectivity index (χ1n) is 5.88. The summed E-state index contributed by atoms with van der Waals surface area (Å²) in [5, 5.41) is 9.15. The van der Waals surface area contributed by atoms with Crippen LogP contribution in [0.15, 0.2) is 24.4 Å². The Hall–Kier alpha value is -1.89. The van der Waals surface area contributed by atoms with Crippen molar-refractivity contribution in [2.75, 3.05) is 11.5 Å². The van der Waals surface area contributed by atoms with Crippen molar-refractivity contribution in [3.63, 3.8) is 0 Å². The predicted octanol–water partition coefficient (Wildman–Crippen LogP) is 0.935. The molecule has 0 aliphatic carbocycles. The Balaban J connectivity index is 2.17. The summed E-state index contributed by atoms with van der Waals surface area (Å²) in [7, 11) is -3.02. The fourth-order valence-electron chi connectivity index (χ4n) is 2.51. The number of carboxylic acids is 1. The molecule has 0 amide bonds. The first-order valence-corrected chi connectivity index (χ1v) is 7.71. The highest BCUT2D eigenvalue weighted by atomic mass is 32.2. The molecular formula is C12H12N2O4S. The fourth-order valence-corrected chi connectivity index (χ4v) is 4.24. The molecule has 1 aliphatic heterocycles. The van der Waals surface area contributed by atoms with E-state index in [0.717, 1.165) is 0 Å². The molecule has 2 aromatic heterocycles. The highest BCUT2D eigenvalue weighted by Gasteiger charge is 2.33. The van der Waals surface area contributed by atoms with Crippen LogP contribution in [-0.4, -0.2) is 40.4 Å². The number of pyridine rings is 1. The topological polar surface area (TPSA) is 88.7 Å². The highest BCUT2D eigenvalue weighted by Crippen LogP contribution is 2.29. The number of sulfone groups is 1. The van der Waals surface area contributed by atoms with Gasteiger partial charge in [0, 0.05) is 12.1 Å². The number of hydrogen-bond acceptors (Lipinski definition) is 4. The number of aromatic carboxylic acids is 1. The van der Waals surface area contributed by atoms with E-state index in [9.17, 15) is 13.2 Å². The highest BCUT2D eigenvalue weighted by molar-refractivity contribution is 7.91. The number of hydrogen-bond donors (Lipinski definition) is 1. The van der Waals surface area contributed by atoms with Gasteiger partial charge in [0.1, 0.15) is 5.82 Å². The summed E-state index contributed by atoms with van der Waals surface area (Å²) in [6.45, 7) is 0. The maximum absolute atomic E-state index is 11.5. The van der Waals surface area contributed by atoms with Gasteiger partial charge < -0.3 is 9.51 Å². The normalized spacial score (nSPS) is 21.8. The van der Waals surface area contributed by atoms with Crippen molar-refractivity contribution in [3.8, 4) is 0 Å². The number of rotatable bonds is 2. The summed E-state index contributed by atoms with van der Waals surface area (Å²) >= 11 is 0. The summed E-state index contributed by atoms with van der Waals surface area (Å²) in [6, 6.07) is 5.18. The van der Waals surface area contributed by atoms with Gasteiger partial charge >= 0.3 is 5.97 Å². The Morgan fingerprint density at radius 3 is 2.84 bits per heavy atom. The molecule has 1 atom stereocenters. The number of imidazole rings is 1. The van der Waals surface area contributed by atoms with Crippen LogP contribution in [0.1, 0.15) is 28.7 Å². The molecule has 3 heterocycles. The van der Waals surface area contributed by atoms with Crippen molar-refractivity contribution in [3.05, 3.63) is 35.9 Å². The minimum absolute atomic E-state index is 0.0279. The molecule has 1 unspecified atom stereocenters. The van der Waals surface area contributed by atoms with Crippen molar-refractivity contribution >= 4 is 21.3 Å². The molecule has 19 heavy (non-hydrogen) atoms. The van der Waals surface area contributed by atoms with Gasteiger partial charge in [-0.15, -0.1) is 0 Å². The molecule has 0 bridgehead atoms. The molecule has 1 aliphatic rings. The molecule has 1 fully saturated rings. The third-order valence-corrected chi connectivity index (χ3v) is 5.14. The number of aromatic nitrogens is 2. The fraction of sp³-hybridized carbons (Fsp3) is 0.333. The van der Waals surface area contributed by atoms with Crippen molar-refractivity contribution in [2.24, 2.45) is 0 Å². The number of fused-ring (bicyclic) bond motifs is 1. The number of carboxylic acid groups (broad SMARTS) is 1. The Labute approximate surface area is 109 Å². The van der Waals surface area contributed by atoms with Gasteiger partial charge in [-0.3, -0.25) is 0 Å². The molecule has 100 valence electrons. The largest absolute Gasteiger partial charge is 0.476 e. The van der Waals surface area contributed by atoms with E-state index in [0.29, 0.717) is 17.8 Å². The smallest absolute Gasteiger partial charge is 0.356 e. The summed E-state index contributed by atoms with van der Waals surface area (Å²) in [5.41, 5.74) is 0.467. The minimum atomic E-state index is -3.02. The molecule has 0 spiro atoms. The zero-order valence-electron chi connectivity index (χ0n) is 9.98. The lowest BCUT2D eigenvalue weighted by Crippen LogP contribution is -2.07. The van der Waals surface area contributed by atoms with E-state index >= 15 is 0 Å². The first-order chi connectivity index (χ1) is 8.98. The van der Waals surface area contributed by atoms with Crippen molar-refractivity contribution in [2.45, 2.75) is 12.3 Å². The summed E-state index contributed by atoms with van der Waals surface area (Å²) < 4.78 is 24.8. The van der Waals surface area contributed by atoms with Crippen LogP contribution in [-0.2, 0) is 9.84 Å². The van der Waals surface area contributed by atoms with Gasteiger partial charge in [-0.1, -0.05) is 6.07 Å². The first kappa shape index (κ1) is 12.2. The second-order valence-electron chi connectivity index (χ2n) is 4.68. The Morgan fingerprint density at radius 2 is 2.21 bits per heavy atom. The average molecular weight is 280 g/mol. The Bertz CT molecular complexity index is 763. The molecule has 6 nitrogen and oxygen atoms in total. The van der Waals surface area contributed by atoms with Crippen molar-refractivity contribution in [1.82, 2.24) is 9.38 Å². The third kappa shape index (κ3) is 1.99. The second-order valence-corrected chi connectivity index (χ2v) is 6.91. The lowest BCUT2D eigenvalue weighted by Gasteiger charge is -2.05.